The molecule has 0 fully saturated rings. The Labute approximate surface area is 107 Å². The molecule has 0 heterocycles. The van der Waals surface area contributed by atoms with Crippen LogP contribution >= 0.6 is 0 Å². The third-order valence-corrected chi connectivity index (χ3v) is 2.78. The summed E-state index contributed by atoms with van der Waals surface area (Å²) in [7, 11) is 0. The van der Waals surface area contributed by atoms with Crippen molar-refractivity contribution in [2.45, 2.75) is 43.7 Å². The molecule has 0 aliphatic heterocycles. The second-order valence-corrected chi connectivity index (χ2v) is 3.90. The van der Waals surface area contributed by atoms with Crippen LogP contribution in [0.1, 0.15) is 13.3 Å². The fourth-order valence-corrected chi connectivity index (χ4v) is 1.59. The summed E-state index contributed by atoms with van der Waals surface area (Å²) in [4.78, 5) is 0. The maximum Gasteiger partial charge on any atom is 0.459 e. The first-order valence-corrected chi connectivity index (χ1v) is 4.77. The van der Waals surface area contributed by atoms with Gasteiger partial charge in [-0.1, -0.05) is 6.92 Å². The second kappa shape index (κ2) is 4.80. The Hall–Kier alpha value is -0.910. The van der Waals surface area contributed by atoms with Gasteiger partial charge in [0.2, 0.25) is 5.41 Å². The van der Waals surface area contributed by atoms with Gasteiger partial charge in [0.1, 0.15) is 0 Å². The molecule has 0 atom stereocenters. The second-order valence-electron chi connectivity index (χ2n) is 3.90. The van der Waals surface area contributed by atoms with Crippen LogP contribution < -0.4 is 0 Å². The number of hydrogen-bond donors (Lipinski definition) is 0. The van der Waals surface area contributed by atoms with E-state index in [1.165, 1.54) is 0 Å². The van der Waals surface area contributed by atoms with Crippen LogP contribution in [0.5, 0.6) is 0 Å². The van der Waals surface area contributed by atoms with E-state index in [4.69, 9.17) is 0 Å². The molecule has 21 heavy (non-hydrogen) atoms. The SMILES string of the molecule is CCC(C(F)(F)F)(C(F)(F)F)C(F)(F)C(F)(F)C(F)(F)F. The Bertz CT molecular complexity index is 353. The van der Waals surface area contributed by atoms with Crippen molar-refractivity contribution in [1.82, 2.24) is 0 Å². The molecule has 0 aromatic rings. The zero-order valence-electron chi connectivity index (χ0n) is 9.62. The van der Waals surface area contributed by atoms with Crippen molar-refractivity contribution in [2.75, 3.05) is 0 Å². The van der Waals surface area contributed by atoms with Gasteiger partial charge in [0.25, 0.3) is 0 Å². The van der Waals surface area contributed by atoms with Crippen molar-refractivity contribution in [1.29, 1.82) is 0 Å². The van der Waals surface area contributed by atoms with Crippen LogP contribution in [0.3, 0.4) is 0 Å². The average molecular weight is 348 g/mol. The van der Waals surface area contributed by atoms with Gasteiger partial charge < -0.3 is 0 Å². The average Bonchev–Trinajstić information content (AvgIpc) is 2.11. The van der Waals surface area contributed by atoms with Crippen LogP contribution in [-0.4, -0.2) is 30.4 Å². The first-order chi connectivity index (χ1) is 8.81. The standard InChI is InChI=1S/C8H5F13/c1-2-3(6(13,14)15,7(16,17)18)4(9,10)5(11,12)8(19,20)21/h2H2,1H3. The van der Waals surface area contributed by atoms with E-state index in [2.05, 4.69) is 0 Å². The summed E-state index contributed by atoms with van der Waals surface area (Å²) in [6, 6.07) is 0. The summed E-state index contributed by atoms with van der Waals surface area (Å²) >= 11 is 0. The predicted octanol–water partition coefficient (Wildman–Crippen LogP) is 5.34. The Morgan fingerprint density at radius 2 is 0.762 bits per heavy atom. The van der Waals surface area contributed by atoms with E-state index in [9.17, 15) is 57.1 Å². The molecule has 0 spiro atoms. The smallest absolute Gasteiger partial charge is 0.198 e. The number of halogens is 13. The normalized spacial score (nSPS) is 16.3. The highest BCUT2D eigenvalue weighted by molar-refractivity contribution is 5.10. The topological polar surface area (TPSA) is 0 Å². The van der Waals surface area contributed by atoms with Gasteiger partial charge in [-0.3, -0.25) is 0 Å². The molecule has 0 N–H and O–H groups in total. The lowest BCUT2D eigenvalue weighted by atomic mass is 9.74. The van der Waals surface area contributed by atoms with E-state index in [1.807, 2.05) is 0 Å². The predicted molar refractivity (Wildman–Crippen MR) is 40.8 cm³/mol. The molecule has 0 saturated heterocycles. The number of hydrogen-bond acceptors (Lipinski definition) is 0. The van der Waals surface area contributed by atoms with E-state index in [1.54, 1.807) is 0 Å². The van der Waals surface area contributed by atoms with E-state index in [0.29, 0.717) is 0 Å². The molecule has 0 radical (unpaired) electrons. The Morgan fingerprint density at radius 1 is 0.476 bits per heavy atom. The zero-order chi connectivity index (χ0) is 17.7. The first kappa shape index (κ1) is 20.1. The summed E-state index contributed by atoms with van der Waals surface area (Å²) in [5.74, 6) is -15.0. The summed E-state index contributed by atoms with van der Waals surface area (Å²) in [6.45, 7) is -0.221. The molecule has 0 nitrogen and oxygen atoms in total. The van der Waals surface area contributed by atoms with Gasteiger partial charge in [-0.05, 0) is 6.42 Å². The highest BCUT2D eigenvalue weighted by atomic mass is 19.4. The maximum atomic E-state index is 13.1. The molecule has 0 bridgehead atoms. The monoisotopic (exact) mass is 348 g/mol. The van der Waals surface area contributed by atoms with Crippen LogP contribution in [0.4, 0.5) is 57.1 Å². The molecule has 0 aromatic heterocycles. The molecular weight excluding hydrogens is 343 g/mol. The minimum atomic E-state index is -7.54. The third-order valence-electron chi connectivity index (χ3n) is 2.78. The largest absolute Gasteiger partial charge is 0.459 e. The van der Waals surface area contributed by atoms with Crippen LogP contribution in [-0.2, 0) is 0 Å². The molecule has 0 aliphatic carbocycles. The van der Waals surface area contributed by atoms with Crippen LogP contribution in [0.25, 0.3) is 0 Å². The molecule has 0 aromatic carbocycles. The number of rotatable bonds is 3. The van der Waals surface area contributed by atoms with Crippen molar-refractivity contribution < 1.29 is 57.1 Å². The molecule has 0 amide bonds. The van der Waals surface area contributed by atoms with Crippen molar-refractivity contribution in [3.05, 3.63) is 0 Å². The van der Waals surface area contributed by atoms with Gasteiger partial charge in [-0.2, -0.15) is 57.1 Å². The summed E-state index contributed by atoms with van der Waals surface area (Å²) in [5.41, 5.74) is -6.55. The third kappa shape index (κ3) is 2.51. The molecule has 0 aliphatic rings. The highest BCUT2D eigenvalue weighted by Gasteiger charge is 2.91. The number of alkyl halides is 13. The van der Waals surface area contributed by atoms with Gasteiger partial charge in [0, 0.05) is 0 Å². The lowest BCUT2D eigenvalue weighted by Crippen LogP contribution is -2.69. The van der Waals surface area contributed by atoms with E-state index in [-0.39, 0.29) is 6.92 Å². The first-order valence-electron chi connectivity index (χ1n) is 4.77. The summed E-state index contributed by atoms with van der Waals surface area (Å²) in [5, 5.41) is 0. The lowest BCUT2D eigenvalue weighted by molar-refractivity contribution is -0.460. The van der Waals surface area contributed by atoms with Gasteiger partial charge in [0.05, 0.1) is 0 Å². The zero-order valence-corrected chi connectivity index (χ0v) is 9.62. The molecule has 0 rings (SSSR count). The van der Waals surface area contributed by atoms with Crippen molar-refractivity contribution in [3.8, 4) is 0 Å². The molecular formula is C8H5F13. The van der Waals surface area contributed by atoms with Crippen LogP contribution in [0.15, 0.2) is 0 Å². The van der Waals surface area contributed by atoms with E-state index in [0.717, 1.165) is 0 Å². The van der Waals surface area contributed by atoms with Gasteiger partial charge in [-0.25, -0.2) is 0 Å². The lowest BCUT2D eigenvalue weighted by Gasteiger charge is -2.44. The van der Waals surface area contributed by atoms with E-state index < -0.39 is 42.2 Å². The molecule has 0 unspecified atom stereocenters. The minimum absolute atomic E-state index is 0.221. The summed E-state index contributed by atoms with van der Waals surface area (Å²) < 4.78 is 161. The van der Waals surface area contributed by atoms with E-state index >= 15 is 0 Å². The summed E-state index contributed by atoms with van der Waals surface area (Å²) in [6.07, 6.45) is -24.3. The maximum absolute atomic E-state index is 13.1. The Kier molecular flexibility index (Phi) is 4.59. The van der Waals surface area contributed by atoms with Gasteiger partial charge in [-0.15, -0.1) is 0 Å². The Morgan fingerprint density at radius 3 is 0.905 bits per heavy atom. The molecule has 128 valence electrons. The van der Waals surface area contributed by atoms with Crippen LogP contribution in [0.2, 0.25) is 0 Å². The van der Waals surface area contributed by atoms with Crippen molar-refractivity contribution in [3.63, 3.8) is 0 Å². The molecule has 13 heteroatoms. The van der Waals surface area contributed by atoms with Crippen LogP contribution in [0, 0.1) is 5.41 Å². The fraction of sp³-hybridized carbons (Fsp3) is 1.00. The Balaban J connectivity index is 6.60. The fourth-order valence-electron chi connectivity index (χ4n) is 1.59. The van der Waals surface area contributed by atoms with Gasteiger partial charge >= 0.3 is 30.4 Å². The van der Waals surface area contributed by atoms with Gasteiger partial charge in [0.15, 0.2) is 0 Å². The van der Waals surface area contributed by atoms with Crippen molar-refractivity contribution in [2.24, 2.45) is 5.41 Å². The molecule has 0 saturated carbocycles. The quantitative estimate of drug-likeness (QED) is 0.604. The minimum Gasteiger partial charge on any atom is -0.198 e. The van der Waals surface area contributed by atoms with Crippen molar-refractivity contribution >= 4 is 0 Å². The highest BCUT2D eigenvalue weighted by Crippen LogP contribution is 2.66.